The molecule has 4 unspecified atom stereocenters. The number of aliphatic hydroxyl groups is 4. The molecule has 0 heterocycles. The van der Waals surface area contributed by atoms with Gasteiger partial charge >= 0.3 is 0 Å². The first kappa shape index (κ1) is 84.6. The second kappa shape index (κ2) is 65.6. The van der Waals surface area contributed by atoms with Gasteiger partial charge in [-0.05, 0) is 19.3 Å². The Balaban J connectivity index is -0.0000000218. The third-order valence-electron chi connectivity index (χ3n) is 3.29. The summed E-state index contributed by atoms with van der Waals surface area (Å²) in [6, 6.07) is 0. The third-order valence-corrected chi connectivity index (χ3v) is 4.38. The van der Waals surface area contributed by atoms with Crippen molar-refractivity contribution < 1.29 is 197 Å². The van der Waals surface area contributed by atoms with Crippen molar-refractivity contribution in [3.05, 3.63) is 24.3 Å². The van der Waals surface area contributed by atoms with E-state index < -0.39 is 24.4 Å². The van der Waals surface area contributed by atoms with E-state index in [9.17, 15) is 10.2 Å². The van der Waals surface area contributed by atoms with Crippen molar-refractivity contribution >= 4 is 34.8 Å². The van der Waals surface area contributed by atoms with Crippen LogP contribution in [0.25, 0.3) is 0 Å². The minimum Gasteiger partial charge on any atom is -0.393 e. The van der Waals surface area contributed by atoms with E-state index in [1.807, 2.05) is 0 Å². The number of aliphatic hydroxyl groups excluding tert-OH is 4. The fourth-order valence-corrected chi connectivity index (χ4v) is 2.46. The van der Waals surface area contributed by atoms with Crippen LogP contribution >= 0.6 is 34.8 Å². The molecule has 38 heavy (non-hydrogen) atoms. The normalized spacial score (nSPS) is 10.7. The second-order valence-electron chi connectivity index (χ2n) is 6.89. The SMILES string of the molecule is C.C.C.C.C.C.C=C(CCC)CC(O)CC(O)CCl.C=C(CCl)CC(O)CC(O)CCl.CCC.[Ac].[Ac].[Ac].[Ac]. The predicted octanol–water partition coefficient (Wildman–Crippen LogP) is 8.84. The van der Waals surface area contributed by atoms with Gasteiger partial charge in [0.1, 0.15) is 0 Å². The van der Waals surface area contributed by atoms with E-state index in [4.69, 9.17) is 45.0 Å². The van der Waals surface area contributed by atoms with Crippen molar-refractivity contribution in [1.29, 1.82) is 0 Å². The summed E-state index contributed by atoms with van der Waals surface area (Å²) in [6.45, 7) is 13.8. The summed E-state index contributed by atoms with van der Waals surface area (Å²) >= 11 is 16.2. The minimum atomic E-state index is -0.648. The fraction of sp³-hybridized carbons (Fsp3) is 0.852. The van der Waals surface area contributed by atoms with Crippen LogP contribution < -0.4 is 0 Å². The summed E-state index contributed by atoms with van der Waals surface area (Å²) in [5.74, 6) is 0.662. The second-order valence-corrected chi connectivity index (χ2v) is 7.78. The minimum absolute atomic E-state index is 0. The first-order valence-corrected chi connectivity index (χ1v) is 11.4. The predicted molar refractivity (Wildman–Crippen MR) is 164 cm³/mol. The first-order valence-electron chi connectivity index (χ1n) is 9.84. The van der Waals surface area contributed by atoms with Crippen LogP contribution in [-0.2, 0) is 0 Å². The van der Waals surface area contributed by atoms with Gasteiger partial charge < -0.3 is 20.4 Å². The fourth-order valence-electron chi connectivity index (χ4n) is 2.10. The van der Waals surface area contributed by atoms with Crippen molar-refractivity contribution in [2.75, 3.05) is 17.6 Å². The van der Waals surface area contributed by atoms with E-state index in [0.717, 1.165) is 24.0 Å². The Hall–Kier alpha value is 5.96. The Bertz CT molecular complexity index is 388. The van der Waals surface area contributed by atoms with E-state index in [-0.39, 0.29) is 239 Å². The molecular weight excluding hydrogens is 1400 g/mol. The van der Waals surface area contributed by atoms with E-state index >= 15 is 0 Å². The number of halogens is 3. The molecule has 4 N–H and O–H groups in total. The average molecular weight is 1470 g/mol. The molecule has 4 radical (unpaired) electrons. The summed E-state index contributed by atoms with van der Waals surface area (Å²) in [6.07, 6.45) is 2.50. The Labute approximate surface area is 399 Å². The van der Waals surface area contributed by atoms with Crippen LogP contribution in [0.5, 0.6) is 0 Å². The number of hydrogen-bond donors (Lipinski definition) is 4. The Morgan fingerprint density at radius 1 is 0.579 bits per heavy atom. The van der Waals surface area contributed by atoms with Gasteiger partial charge in [0.15, 0.2) is 0 Å². The zero-order valence-electron chi connectivity index (χ0n) is 20.0. The van der Waals surface area contributed by atoms with Crippen LogP contribution in [0.2, 0.25) is 0 Å². The summed E-state index contributed by atoms with van der Waals surface area (Å²) in [7, 11) is 0. The monoisotopic (exact) mass is 1470 g/mol. The third kappa shape index (κ3) is 73.4. The molecule has 0 aromatic rings. The molecule has 0 bridgehead atoms. The van der Waals surface area contributed by atoms with Crippen molar-refractivity contribution in [3.63, 3.8) is 0 Å². The van der Waals surface area contributed by atoms with Crippen LogP contribution in [0.3, 0.4) is 0 Å². The maximum absolute atomic E-state index is 9.47. The summed E-state index contributed by atoms with van der Waals surface area (Å²) in [5, 5.41) is 37.0. The van der Waals surface area contributed by atoms with E-state index in [1.54, 1.807) is 0 Å². The van der Waals surface area contributed by atoms with E-state index in [2.05, 4.69) is 33.9 Å². The van der Waals surface area contributed by atoms with Gasteiger partial charge in [-0.1, -0.05) is 102 Å². The van der Waals surface area contributed by atoms with Gasteiger partial charge in [0.2, 0.25) is 0 Å². The quantitative estimate of drug-likeness (QED) is 0.110. The number of alkyl halides is 3. The molecule has 4 nitrogen and oxygen atoms in total. The molecule has 0 amide bonds. The Morgan fingerprint density at radius 3 is 1.05 bits per heavy atom. The van der Waals surface area contributed by atoms with Crippen molar-refractivity contribution in [3.8, 4) is 0 Å². The first-order chi connectivity index (χ1) is 13.1. The molecule has 230 valence electrons. The molecule has 0 aromatic heterocycles. The molecule has 0 spiro atoms. The van der Waals surface area contributed by atoms with Crippen LogP contribution in [0.15, 0.2) is 24.3 Å². The maximum Gasteiger partial charge on any atom is 0.0700 e. The summed E-state index contributed by atoms with van der Waals surface area (Å²) < 4.78 is 0. The molecule has 0 saturated heterocycles. The molecule has 0 aliphatic carbocycles. The van der Waals surface area contributed by atoms with Crippen LogP contribution in [0.4, 0.5) is 0 Å². The van der Waals surface area contributed by atoms with Gasteiger partial charge in [-0.15, -0.1) is 34.8 Å². The van der Waals surface area contributed by atoms with Gasteiger partial charge in [-0.3, -0.25) is 0 Å². The van der Waals surface area contributed by atoms with Crippen molar-refractivity contribution in [2.24, 2.45) is 0 Å². The Morgan fingerprint density at radius 2 is 0.842 bits per heavy atom. The molecule has 0 aliphatic heterocycles. The van der Waals surface area contributed by atoms with Crippen LogP contribution in [0, 0.1) is 176 Å². The topological polar surface area (TPSA) is 80.9 Å². The van der Waals surface area contributed by atoms with Crippen molar-refractivity contribution in [1.82, 2.24) is 0 Å². The van der Waals surface area contributed by atoms with Gasteiger partial charge in [-0.25, -0.2) is 0 Å². The van der Waals surface area contributed by atoms with Crippen LogP contribution in [0.1, 0.15) is 110 Å². The summed E-state index contributed by atoms with van der Waals surface area (Å²) in [4.78, 5) is 0. The molecule has 0 aliphatic rings. The number of hydrogen-bond acceptors (Lipinski definition) is 4. The average Bonchev–Trinajstić information content (AvgIpc) is 2.62. The van der Waals surface area contributed by atoms with Gasteiger partial charge in [0, 0.05) is 207 Å². The largest absolute Gasteiger partial charge is 0.393 e. The van der Waals surface area contributed by atoms with E-state index in [0.29, 0.717) is 25.1 Å². The molecule has 11 heteroatoms. The van der Waals surface area contributed by atoms with E-state index in [1.165, 1.54) is 6.42 Å². The zero-order chi connectivity index (χ0) is 22.5. The summed E-state index contributed by atoms with van der Waals surface area (Å²) in [5.41, 5.74) is 1.81. The standard InChI is InChI=1S/C10H19ClO2.C8H14Cl2O2.C3H8.6CH4.4Ac/c1-3-4-8(2)5-9(12)6-10(13)7-11;1-6(4-9)2-7(11)3-8(12)5-10;1-3-2;;;;;;;;;;/h9-10,12-13H,2-7H2,1H3;7-8,11-12H,1-5H2;3H2,1-2H3;6*1H4;;;;. The smallest absolute Gasteiger partial charge is 0.0700 e. The maximum atomic E-state index is 9.47. The number of rotatable bonds is 13. The molecule has 0 fully saturated rings. The molecule has 0 saturated carbocycles. The van der Waals surface area contributed by atoms with Crippen molar-refractivity contribution in [2.45, 2.75) is 135 Å². The van der Waals surface area contributed by atoms with Crippen LogP contribution in [-0.4, -0.2) is 62.5 Å². The molecule has 0 aromatic carbocycles. The molecule has 0 rings (SSSR count). The molecule has 4 atom stereocenters. The van der Waals surface area contributed by atoms with Gasteiger partial charge in [-0.2, -0.15) is 0 Å². The van der Waals surface area contributed by atoms with Gasteiger partial charge in [0.05, 0.1) is 24.4 Å². The molecular formula is C27H65Ac4Cl3O4. The van der Waals surface area contributed by atoms with Gasteiger partial charge in [0.25, 0.3) is 0 Å². The zero-order valence-corrected chi connectivity index (χ0v) is 41.3. The Kier molecular flexibility index (Phi) is 146.